The zero-order chi connectivity index (χ0) is 37.5. The molecule has 0 aliphatic carbocycles. The molecular weight excluding hydrogens is 699 g/mol. The smallest absolute Gasteiger partial charge is 0.238 e. The highest BCUT2D eigenvalue weighted by Gasteiger charge is 2.24. The van der Waals surface area contributed by atoms with Crippen molar-refractivity contribution in [2.24, 2.45) is 0 Å². The van der Waals surface area contributed by atoms with Crippen molar-refractivity contribution in [3.05, 3.63) is 188 Å². The summed E-state index contributed by atoms with van der Waals surface area (Å²) >= 11 is 0. The summed E-state index contributed by atoms with van der Waals surface area (Å²) in [4.78, 5) is 15.4. The Balaban J connectivity index is 1.19. The molecule has 0 radical (unpaired) electrons. The Kier molecular flexibility index (Phi) is 6.83. The van der Waals surface area contributed by atoms with Crippen LogP contribution in [-0.2, 0) is 0 Å². The molecule has 0 N–H and O–H groups in total. The van der Waals surface area contributed by atoms with Crippen molar-refractivity contribution < 1.29 is 4.42 Å². The number of aromatic nitrogens is 5. The first kappa shape index (κ1) is 31.5. The maximum atomic E-state index is 7.29. The molecule has 0 saturated heterocycles. The van der Waals surface area contributed by atoms with E-state index < -0.39 is 0 Å². The first-order valence-electron chi connectivity index (χ1n) is 19.1. The van der Waals surface area contributed by atoms with Crippen LogP contribution in [0, 0.1) is 0 Å². The molecule has 0 fully saturated rings. The van der Waals surface area contributed by atoms with E-state index in [1.54, 1.807) is 0 Å². The highest BCUT2D eigenvalue weighted by atomic mass is 16.3. The van der Waals surface area contributed by atoms with Crippen LogP contribution in [0.3, 0.4) is 0 Å². The standard InChI is InChI=1S/C51H31N5O/c1-4-15-32(16-5-1)35-21-14-22-36(31-35)55-43-25-12-10-23-37(43)39-27-29-41-42-30-28-40-38-24-11-13-26-44(38)56(46(40)48(42)57-47(41)45(39)55)51-53-49(33-17-6-2-7-18-33)52-50(54-51)34-19-8-3-9-20-34/h1-31H. The molecule has 0 aliphatic rings. The van der Waals surface area contributed by atoms with Gasteiger partial charge in [0.05, 0.1) is 16.6 Å². The van der Waals surface area contributed by atoms with Crippen LogP contribution >= 0.6 is 0 Å². The maximum Gasteiger partial charge on any atom is 0.238 e. The molecule has 0 saturated carbocycles. The van der Waals surface area contributed by atoms with Crippen molar-refractivity contribution in [2.75, 3.05) is 0 Å². The van der Waals surface area contributed by atoms with Gasteiger partial charge in [0.15, 0.2) is 22.8 Å². The summed E-state index contributed by atoms with van der Waals surface area (Å²) < 4.78 is 11.8. The highest BCUT2D eigenvalue weighted by molar-refractivity contribution is 6.26. The fraction of sp³-hybridized carbons (Fsp3) is 0. The van der Waals surface area contributed by atoms with E-state index >= 15 is 0 Å². The maximum absolute atomic E-state index is 7.29. The van der Waals surface area contributed by atoms with Crippen LogP contribution in [0.15, 0.2) is 192 Å². The molecule has 0 atom stereocenters. The van der Waals surface area contributed by atoms with Crippen LogP contribution in [0.1, 0.15) is 0 Å². The minimum atomic E-state index is 0.527. The Morgan fingerprint density at radius 2 is 0.789 bits per heavy atom. The lowest BCUT2D eigenvalue weighted by Crippen LogP contribution is -2.06. The Labute approximate surface area is 326 Å². The second-order valence-electron chi connectivity index (χ2n) is 14.4. The van der Waals surface area contributed by atoms with Gasteiger partial charge in [-0.25, -0.2) is 4.98 Å². The van der Waals surface area contributed by atoms with E-state index in [1.165, 1.54) is 10.9 Å². The number of hydrogen-bond acceptors (Lipinski definition) is 4. The van der Waals surface area contributed by atoms with Crippen molar-refractivity contribution in [2.45, 2.75) is 0 Å². The van der Waals surface area contributed by atoms with Crippen LogP contribution in [0.5, 0.6) is 0 Å². The lowest BCUT2D eigenvalue weighted by atomic mass is 10.1. The minimum Gasteiger partial charge on any atom is -0.452 e. The van der Waals surface area contributed by atoms with Crippen LogP contribution in [0.4, 0.5) is 0 Å². The zero-order valence-electron chi connectivity index (χ0n) is 30.5. The Morgan fingerprint density at radius 1 is 0.333 bits per heavy atom. The number of rotatable bonds is 5. The molecule has 0 unspecified atom stereocenters. The lowest BCUT2D eigenvalue weighted by Gasteiger charge is -2.11. The highest BCUT2D eigenvalue weighted by Crippen LogP contribution is 2.44. The second-order valence-corrected chi connectivity index (χ2v) is 14.4. The summed E-state index contributed by atoms with van der Waals surface area (Å²) in [7, 11) is 0. The molecule has 8 aromatic carbocycles. The van der Waals surface area contributed by atoms with Gasteiger partial charge in [-0.05, 0) is 47.5 Å². The fourth-order valence-electron chi connectivity index (χ4n) is 8.62. The van der Waals surface area contributed by atoms with E-state index in [-0.39, 0.29) is 0 Å². The molecular formula is C51H31N5O. The lowest BCUT2D eigenvalue weighted by molar-refractivity contribution is 0.673. The van der Waals surface area contributed by atoms with Gasteiger partial charge >= 0.3 is 0 Å². The SMILES string of the molecule is c1ccc(-c2cccc(-n3c4ccccc4c4ccc5c6ccc7c8ccccc8n(-c8nc(-c9ccccc9)nc(-c9ccccc9)n8)c7c6oc5c43)c2)cc1. The summed E-state index contributed by atoms with van der Waals surface area (Å²) in [5.74, 6) is 1.73. The third-order valence-corrected chi connectivity index (χ3v) is 11.2. The summed E-state index contributed by atoms with van der Waals surface area (Å²) in [6, 6.07) is 65.5. The Hall–Kier alpha value is -7.83. The van der Waals surface area contributed by atoms with Crippen molar-refractivity contribution in [3.8, 4) is 45.5 Å². The molecule has 12 aromatic rings. The van der Waals surface area contributed by atoms with E-state index in [9.17, 15) is 0 Å². The van der Waals surface area contributed by atoms with Crippen LogP contribution in [0.2, 0.25) is 0 Å². The molecule has 4 aromatic heterocycles. The van der Waals surface area contributed by atoms with Crippen LogP contribution in [-0.4, -0.2) is 24.1 Å². The summed E-state index contributed by atoms with van der Waals surface area (Å²) in [6.07, 6.45) is 0. The molecule has 0 bridgehead atoms. The number of para-hydroxylation sites is 2. The van der Waals surface area contributed by atoms with Gasteiger partial charge in [0.2, 0.25) is 5.95 Å². The minimum absolute atomic E-state index is 0.527. The predicted molar refractivity (Wildman–Crippen MR) is 232 cm³/mol. The fourth-order valence-corrected chi connectivity index (χ4v) is 8.62. The number of benzene rings is 8. The first-order valence-corrected chi connectivity index (χ1v) is 19.1. The molecule has 0 aliphatic heterocycles. The van der Waals surface area contributed by atoms with Gasteiger partial charge < -0.3 is 8.98 Å². The van der Waals surface area contributed by atoms with Gasteiger partial charge in [0.1, 0.15) is 5.52 Å². The monoisotopic (exact) mass is 729 g/mol. The average Bonchev–Trinajstić information content (AvgIpc) is 3.95. The molecule has 0 spiro atoms. The van der Waals surface area contributed by atoms with Gasteiger partial charge in [-0.15, -0.1) is 0 Å². The Morgan fingerprint density at radius 3 is 1.37 bits per heavy atom. The zero-order valence-corrected chi connectivity index (χ0v) is 30.5. The number of nitrogens with zero attached hydrogens (tertiary/aromatic N) is 5. The second kappa shape index (κ2) is 12.3. The third-order valence-electron chi connectivity index (χ3n) is 11.2. The number of hydrogen-bond donors (Lipinski definition) is 0. The van der Waals surface area contributed by atoms with Crippen molar-refractivity contribution in [1.82, 2.24) is 24.1 Å². The summed E-state index contributed by atoms with van der Waals surface area (Å²) in [5.41, 5.74) is 10.9. The van der Waals surface area contributed by atoms with Gasteiger partial charge in [-0.3, -0.25) is 4.57 Å². The molecule has 12 rings (SSSR count). The first-order chi connectivity index (χ1) is 28.3. The largest absolute Gasteiger partial charge is 0.452 e. The topological polar surface area (TPSA) is 61.7 Å². The van der Waals surface area contributed by atoms with Gasteiger partial charge in [-0.1, -0.05) is 152 Å². The van der Waals surface area contributed by atoms with E-state index in [4.69, 9.17) is 19.4 Å². The van der Waals surface area contributed by atoms with E-state index in [2.05, 4.69) is 137 Å². The predicted octanol–water partition coefficient (Wildman–Crippen LogP) is 13.0. The normalized spacial score (nSPS) is 11.9. The van der Waals surface area contributed by atoms with Gasteiger partial charge in [0, 0.05) is 49.1 Å². The van der Waals surface area contributed by atoms with E-state index in [1.807, 2.05) is 60.7 Å². The molecule has 266 valence electrons. The van der Waals surface area contributed by atoms with Crippen LogP contribution < -0.4 is 0 Å². The van der Waals surface area contributed by atoms with Gasteiger partial charge in [-0.2, -0.15) is 9.97 Å². The summed E-state index contributed by atoms with van der Waals surface area (Å²) in [6.45, 7) is 0. The quantitative estimate of drug-likeness (QED) is 0.177. The molecule has 0 amide bonds. The van der Waals surface area contributed by atoms with Gasteiger partial charge in [0.25, 0.3) is 0 Å². The molecule has 6 heteroatoms. The molecule has 57 heavy (non-hydrogen) atoms. The third kappa shape index (κ3) is 4.81. The number of fused-ring (bicyclic) bond motifs is 11. The van der Waals surface area contributed by atoms with Crippen molar-refractivity contribution >= 4 is 65.6 Å². The molecule has 6 nitrogen and oxygen atoms in total. The Bertz CT molecular complexity index is 3450. The van der Waals surface area contributed by atoms with Crippen molar-refractivity contribution in [1.29, 1.82) is 0 Å². The van der Waals surface area contributed by atoms with Crippen LogP contribution in [0.25, 0.3) is 111 Å². The van der Waals surface area contributed by atoms with E-state index in [0.717, 1.165) is 82.5 Å². The average molecular weight is 730 g/mol. The van der Waals surface area contributed by atoms with Crippen molar-refractivity contribution in [3.63, 3.8) is 0 Å². The summed E-state index contributed by atoms with van der Waals surface area (Å²) in [5, 5.41) is 6.54. The number of furan rings is 1. The van der Waals surface area contributed by atoms with E-state index in [0.29, 0.717) is 17.6 Å². The molecule has 4 heterocycles.